The van der Waals surface area contributed by atoms with Crippen molar-refractivity contribution in [3.05, 3.63) is 47.0 Å². The third-order valence-electron chi connectivity index (χ3n) is 3.05. The number of phenolic OH excluding ortho intramolecular Hbond substituents is 1. The van der Waals surface area contributed by atoms with Gasteiger partial charge in [-0.1, -0.05) is 6.07 Å². The quantitative estimate of drug-likeness (QED) is 0.773. The molecule has 0 spiro atoms. The second-order valence-corrected chi connectivity index (χ2v) is 4.50. The first kappa shape index (κ1) is 13.0. The molecule has 3 N–H and O–H groups in total. The Morgan fingerprint density at radius 2 is 1.53 bits per heavy atom. The summed E-state index contributed by atoms with van der Waals surface area (Å²) in [6, 6.07) is 7.98. The first-order chi connectivity index (χ1) is 8.90. The lowest BCUT2D eigenvalue weighted by molar-refractivity contribution is 0.0694. The van der Waals surface area contributed by atoms with Gasteiger partial charge in [-0.2, -0.15) is 0 Å². The summed E-state index contributed by atoms with van der Waals surface area (Å²) in [4.78, 5) is 11.0. The number of phenols is 2. The molecule has 0 aliphatic rings. The number of aryl methyl sites for hydroxylation is 2. The number of hydrogen-bond acceptors (Lipinski definition) is 3. The summed E-state index contributed by atoms with van der Waals surface area (Å²) in [7, 11) is 0. The second-order valence-electron chi connectivity index (χ2n) is 4.50. The van der Waals surface area contributed by atoms with E-state index >= 15 is 0 Å². The maximum absolute atomic E-state index is 11.0. The number of aromatic carboxylic acids is 1. The average molecular weight is 258 g/mol. The van der Waals surface area contributed by atoms with Crippen LogP contribution in [-0.4, -0.2) is 21.3 Å². The molecule has 0 amide bonds. The highest BCUT2D eigenvalue weighted by atomic mass is 16.4. The number of carboxylic acids is 1. The minimum absolute atomic E-state index is 0.138. The topological polar surface area (TPSA) is 77.8 Å². The van der Waals surface area contributed by atoms with Gasteiger partial charge in [0.1, 0.15) is 17.1 Å². The summed E-state index contributed by atoms with van der Waals surface area (Å²) in [6.45, 7) is 3.56. The van der Waals surface area contributed by atoms with E-state index < -0.39 is 5.97 Å². The molecule has 0 aliphatic heterocycles. The van der Waals surface area contributed by atoms with Gasteiger partial charge >= 0.3 is 5.97 Å². The van der Waals surface area contributed by atoms with Crippen molar-refractivity contribution in [2.75, 3.05) is 0 Å². The van der Waals surface area contributed by atoms with Crippen LogP contribution < -0.4 is 0 Å². The summed E-state index contributed by atoms with van der Waals surface area (Å²) in [5.41, 5.74) is 2.79. The molecule has 4 nitrogen and oxygen atoms in total. The Bertz CT molecular complexity index is 636. The van der Waals surface area contributed by atoms with E-state index in [1.807, 2.05) is 0 Å². The molecular weight excluding hydrogens is 244 g/mol. The van der Waals surface area contributed by atoms with Crippen molar-refractivity contribution in [1.29, 1.82) is 0 Å². The van der Waals surface area contributed by atoms with Crippen molar-refractivity contribution in [2.24, 2.45) is 0 Å². The molecule has 0 radical (unpaired) electrons. The Kier molecular flexibility index (Phi) is 3.17. The standard InChI is InChI=1S/C15H14O4/c1-8-5-11(6-9(2)14(8)17)10-3-4-13(16)12(7-10)15(18)19/h3-7,16-17H,1-2H3,(H,18,19). The van der Waals surface area contributed by atoms with Crippen LogP contribution in [0.15, 0.2) is 30.3 Å². The lowest BCUT2D eigenvalue weighted by atomic mass is 9.98. The zero-order chi connectivity index (χ0) is 14.2. The van der Waals surface area contributed by atoms with E-state index in [9.17, 15) is 15.0 Å². The van der Waals surface area contributed by atoms with Crippen molar-refractivity contribution in [2.45, 2.75) is 13.8 Å². The fourth-order valence-corrected chi connectivity index (χ4v) is 2.01. The van der Waals surface area contributed by atoms with Gasteiger partial charge in [0.05, 0.1) is 0 Å². The first-order valence-electron chi connectivity index (χ1n) is 5.77. The van der Waals surface area contributed by atoms with E-state index in [2.05, 4.69) is 0 Å². The molecule has 0 saturated carbocycles. The largest absolute Gasteiger partial charge is 0.507 e. The Labute approximate surface area is 110 Å². The van der Waals surface area contributed by atoms with Crippen molar-refractivity contribution in [3.63, 3.8) is 0 Å². The van der Waals surface area contributed by atoms with Crippen LogP contribution in [0.4, 0.5) is 0 Å². The third-order valence-corrected chi connectivity index (χ3v) is 3.05. The molecule has 0 heterocycles. The number of aromatic hydroxyl groups is 2. The molecule has 0 aromatic heterocycles. The molecule has 0 aliphatic carbocycles. The summed E-state index contributed by atoms with van der Waals surface area (Å²) in [5.74, 6) is -1.20. The molecule has 0 unspecified atom stereocenters. The third kappa shape index (κ3) is 2.38. The molecule has 0 atom stereocenters. The van der Waals surface area contributed by atoms with Crippen molar-refractivity contribution >= 4 is 5.97 Å². The van der Waals surface area contributed by atoms with Crippen molar-refractivity contribution in [3.8, 4) is 22.6 Å². The predicted octanol–water partition coefficient (Wildman–Crippen LogP) is 3.08. The molecule has 2 aromatic carbocycles. The molecule has 98 valence electrons. The molecule has 0 fully saturated rings. The van der Waals surface area contributed by atoms with Gasteiger partial charge in [-0.3, -0.25) is 0 Å². The van der Waals surface area contributed by atoms with Crippen LogP contribution in [0.1, 0.15) is 21.5 Å². The fraction of sp³-hybridized carbons (Fsp3) is 0.133. The maximum Gasteiger partial charge on any atom is 0.339 e. The number of carboxylic acid groups (broad SMARTS) is 1. The van der Waals surface area contributed by atoms with Gasteiger partial charge in [0.15, 0.2) is 0 Å². The predicted molar refractivity (Wildman–Crippen MR) is 71.6 cm³/mol. The summed E-state index contributed by atoms with van der Waals surface area (Å²) in [5, 5.41) is 28.2. The van der Waals surface area contributed by atoms with Crippen LogP contribution in [-0.2, 0) is 0 Å². The van der Waals surface area contributed by atoms with E-state index in [-0.39, 0.29) is 17.1 Å². The highest BCUT2D eigenvalue weighted by Gasteiger charge is 2.12. The number of carbonyl (C=O) groups is 1. The zero-order valence-corrected chi connectivity index (χ0v) is 10.6. The van der Waals surface area contributed by atoms with E-state index in [4.69, 9.17) is 5.11 Å². The summed E-state index contributed by atoms with van der Waals surface area (Å²) < 4.78 is 0. The molecule has 4 heteroatoms. The minimum Gasteiger partial charge on any atom is -0.507 e. The molecule has 0 bridgehead atoms. The van der Waals surface area contributed by atoms with Crippen LogP contribution >= 0.6 is 0 Å². The highest BCUT2D eigenvalue weighted by Crippen LogP contribution is 2.31. The van der Waals surface area contributed by atoms with Crippen molar-refractivity contribution < 1.29 is 20.1 Å². The molecule has 19 heavy (non-hydrogen) atoms. The lowest BCUT2D eigenvalue weighted by Crippen LogP contribution is -1.97. The average Bonchev–Trinajstić information content (AvgIpc) is 2.35. The molecule has 2 aromatic rings. The van der Waals surface area contributed by atoms with E-state index in [0.29, 0.717) is 5.56 Å². The van der Waals surface area contributed by atoms with Gasteiger partial charge in [-0.15, -0.1) is 0 Å². The van der Waals surface area contributed by atoms with Gasteiger partial charge in [0, 0.05) is 0 Å². The molecule has 2 rings (SSSR count). The normalized spacial score (nSPS) is 10.4. The number of rotatable bonds is 2. The van der Waals surface area contributed by atoms with E-state index in [1.54, 1.807) is 32.0 Å². The maximum atomic E-state index is 11.0. The highest BCUT2D eigenvalue weighted by molar-refractivity contribution is 5.92. The number of hydrogen-bond donors (Lipinski definition) is 3. The fourth-order valence-electron chi connectivity index (χ4n) is 2.01. The smallest absolute Gasteiger partial charge is 0.339 e. The summed E-state index contributed by atoms with van der Waals surface area (Å²) in [6.07, 6.45) is 0. The van der Waals surface area contributed by atoms with Crippen LogP contribution in [0.5, 0.6) is 11.5 Å². The van der Waals surface area contributed by atoms with Crippen molar-refractivity contribution in [1.82, 2.24) is 0 Å². The van der Waals surface area contributed by atoms with Gasteiger partial charge < -0.3 is 15.3 Å². The Hall–Kier alpha value is -2.49. The molecule has 0 saturated heterocycles. The lowest BCUT2D eigenvalue weighted by Gasteiger charge is -2.09. The minimum atomic E-state index is -1.17. The van der Waals surface area contributed by atoms with E-state index in [0.717, 1.165) is 16.7 Å². The van der Waals surface area contributed by atoms with Gasteiger partial charge in [-0.05, 0) is 60.4 Å². The van der Waals surface area contributed by atoms with Crippen LogP contribution in [0.2, 0.25) is 0 Å². The number of benzene rings is 2. The Morgan fingerprint density at radius 1 is 0.947 bits per heavy atom. The summed E-state index contributed by atoms with van der Waals surface area (Å²) >= 11 is 0. The Balaban J connectivity index is 2.60. The van der Waals surface area contributed by atoms with Gasteiger partial charge in [0.2, 0.25) is 0 Å². The van der Waals surface area contributed by atoms with Crippen LogP contribution in [0.3, 0.4) is 0 Å². The second kappa shape index (κ2) is 4.65. The van der Waals surface area contributed by atoms with Gasteiger partial charge in [-0.25, -0.2) is 4.79 Å². The van der Waals surface area contributed by atoms with Gasteiger partial charge in [0.25, 0.3) is 0 Å². The first-order valence-corrected chi connectivity index (χ1v) is 5.77. The monoisotopic (exact) mass is 258 g/mol. The van der Waals surface area contributed by atoms with Crippen LogP contribution in [0, 0.1) is 13.8 Å². The molecular formula is C15H14O4. The van der Waals surface area contributed by atoms with E-state index in [1.165, 1.54) is 12.1 Å². The van der Waals surface area contributed by atoms with Crippen LogP contribution in [0.25, 0.3) is 11.1 Å². The Morgan fingerprint density at radius 3 is 2.05 bits per heavy atom. The SMILES string of the molecule is Cc1cc(-c2ccc(O)c(C(=O)O)c2)cc(C)c1O. The zero-order valence-electron chi connectivity index (χ0n) is 10.6.